The van der Waals surface area contributed by atoms with Crippen LogP contribution in [0.1, 0.15) is 21.9 Å². The molecule has 0 aromatic carbocycles. The average molecular weight is 307 g/mol. The van der Waals surface area contributed by atoms with Gasteiger partial charge in [-0.05, 0) is 20.1 Å². The van der Waals surface area contributed by atoms with E-state index < -0.39 is 16.0 Å². The summed E-state index contributed by atoms with van der Waals surface area (Å²) in [6.07, 6.45) is 1.87. The van der Waals surface area contributed by atoms with Crippen LogP contribution in [0.25, 0.3) is 0 Å². The summed E-state index contributed by atoms with van der Waals surface area (Å²) in [5, 5.41) is 9.13. The summed E-state index contributed by atoms with van der Waals surface area (Å²) in [5.41, 5.74) is -0.284. The summed E-state index contributed by atoms with van der Waals surface area (Å²) in [4.78, 5) is 10.9. The minimum atomic E-state index is -3.85. The monoisotopic (exact) mass is 307 g/mol. The summed E-state index contributed by atoms with van der Waals surface area (Å²) >= 11 is 1.52. The third kappa shape index (κ3) is 3.13. The van der Waals surface area contributed by atoms with Crippen molar-refractivity contribution in [3.8, 4) is 0 Å². The van der Waals surface area contributed by atoms with E-state index in [1.165, 1.54) is 32.7 Å². The number of sulfonamides is 1. The average Bonchev–Trinajstić information content (AvgIpc) is 2.61. The first kappa shape index (κ1) is 16.1. The standard InChI is InChI=1S/C11H17NO5S2/c1-7-9(11(13)14)10(8(2)17-7)19(15,16)12(3)5-6-18-4/h5-6H2,1-4H3,(H,13,14). The molecule has 0 aliphatic heterocycles. The van der Waals surface area contributed by atoms with E-state index in [9.17, 15) is 13.2 Å². The van der Waals surface area contributed by atoms with Crippen molar-refractivity contribution in [1.82, 2.24) is 4.31 Å². The Morgan fingerprint density at radius 2 is 1.95 bits per heavy atom. The molecule has 1 aromatic rings. The molecule has 1 heterocycles. The summed E-state index contributed by atoms with van der Waals surface area (Å²) in [7, 11) is -2.42. The number of aryl methyl sites for hydroxylation is 2. The first-order chi connectivity index (χ1) is 8.73. The molecule has 1 rings (SSSR count). The van der Waals surface area contributed by atoms with E-state index in [0.717, 1.165) is 4.31 Å². The molecule has 0 bridgehead atoms. The molecule has 19 heavy (non-hydrogen) atoms. The minimum Gasteiger partial charge on any atom is -0.478 e. The molecule has 0 atom stereocenters. The predicted molar refractivity (Wildman–Crippen MR) is 73.3 cm³/mol. The highest BCUT2D eigenvalue weighted by Crippen LogP contribution is 2.28. The summed E-state index contributed by atoms with van der Waals surface area (Å²) in [6.45, 7) is 3.21. The fourth-order valence-electron chi connectivity index (χ4n) is 1.72. The van der Waals surface area contributed by atoms with Crippen LogP contribution in [0.5, 0.6) is 0 Å². The number of nitrogens with zero attached hydrogens (tertiary/aromatic N) is 1. The van der Waals surface area contributed by atoms with Gasteiger partial charge in [-0.2, -0.15) is 16.1 Å². The topological polar surface area (TPSA) is 87.8 Å². The fraction of sp³-hybridized carbons (Fsp3) is 0.545. The predicted octanol–water partition coefficient (Wildman–Crippen LogP) is 1.58. The number of rotatable bonds is 6. The molecule has 0 aliphatic carbocycles. The maximum absolute atomic E-state index is 12.4. The Morgan fingerprint density at radius 1 is 1.37 bits per heavy atom. The number of hydrogen-bond acceptors (Lipinski definition) is 5. The second-order valence-corrected chi connectivity index (χ2v) is 7.01. The lowest BCUT2D eigenvalue weighted by Crippen LogP contribution is -2.30. The molecule has 0 unspecified atom stereocenters. The third-order valence-electron chi connectivity index (χ3n) is 2.70. The highest BCUT2D eigenvalue weighted by atomic mass is 32.2. The van der Waals surface area contributed by atoms with E-state index in [2.05, 4.69) is 0 Å². The number of carboxylic acids is 1. The van der Waals surface area contributed by atoms with Gasteiger partial charge >= 0.3 is 5.97 Å². The van der Waals surface area contributed by atoms with E-state index in [4.69, 9.17) is 9.52 Å². The lowest BCUT2D eigenvalue weighted by molar-refractivity contribution is 0.0691. The largest absolute Gasteiger partial charge is 0.478 e. The third-order valence-corrected chi connectivity index (χ3v) is 5.30. The van der Waals surface area contributed by atoms with E-state index in [-0.39, 0.29) is 22.0 Å². The Hall–Kier alpha value is -0.990. The van der Waals surface area contributed by atoms with Crippen LogP contribution in [0.15, 0.2) is 9.31 Å². The van der Waals surface area contributed by atoms with Crippen molar-refractivity contribution < 1.29 is 22.7 Å². The summed E-state index contributed by atoms with van der Waals surface area (Å²) < 4.78 is 31.1. The maximum Gasteiger partial charge on any atom is 0.340 e. The van der Waals surface area contributed by atoms with Crippen molar-refractivity contribution in [1.29, 1.82) is 0 Å². The quantitative estimate of drug-likeness (QED) is 0.858. The number of hydrogen-bond donors (Lipinski definition) is 1. The van der Waals surface area contributed by atoms with Crippen LogP contribution in [-0.4, -0.2) is 49.4 Å². The van der Waals surface area contributed by atoms with Crippen LogP contribution in [0.4, 0.5) is 0 Å². The van der Waals surface area contributed by atoms with Gasteiger partial charge in [0.1, 0.15) is 22.0 Å². The van der Waals surface area contributed by atoms with Crippen molar-refractivity contribution >= 4 is 27.8 Å². The molecular formula is C11H17NO5S2. The minimum absolute atomic E-state index is 0.0989. The molecule has 108 valence electrons. The summed E-state index contributed by atoms with van der Waals surface area (Å²) in [5.74, 6) is -0.465. The Labute approximate surface area is 116 Å². The van der Waals surface area contributed by atoms with Crippen molar-refractivity contribution in [3.63, 3.8) is 0 Å². The van der Waals surface area contributed by atoms with Crippen LogP contribution < -0.4 is 0 Å². The normalized spacial score (nSPS) is 12.1. The molecule has 0 aliphatic rings. The Morgan fingerprint density at radius 3 is 2.42 bits per heavy atom. The van der Waals surface area contributed by atoms with Crippen molar-refractivity contribution in [2.75, 3.05) is 25.6 Å². The van der Waals surface area contributed by atoms with Gasteiger partial charge in [0.05, 0.1) is 0 Å². The lowest BCUT2D eigenvalue weighted by Gasteiger charge is -2.16. The van der Waals surface area contributed by atoms with Gasteiger partial charge < -0.3 is 9.52 Å². The Bertz CT molecular complexity index is 576. The van der Waals surface area contributed by atoms with E-state index in [1.807, 2.05) is 6.26 Å². The maximum atomic E-state index is 12.4. The number of aromatic carboxylic acids is 1. The molecule has 6 nitrogen and oxygen atoms in total. The van der Waals surface area contributed by atoms with Gasteiger partial charge in [0.2, 0.25) is 10.0 Å². The molecular weight excluding hydrogens is 290 g/mol. The lowest BCUT2D eigenvalue weighted by atomic mass is 10.2. The molecule has 0 saturated heterocycles. The van der Waals surface area contributed by atoms with Gasteiger partial charge in [-0.1, -0.05) is 0 Å². The molecule has 1 N–H and O–H groups in total. The number of carbonyl (C=O) groups is 1. The molecule has 1 aromatic heterocycles. The zero-order valence-electron chi connectivity index (χ0n) is 11.3. The highest BCUT2D eigenvalue weighted by molar-refractivity contribution is 7.98. The van der Waals surface area contributed by atoms with Gasteiger partial charge in [0.25, 0.3) is 0 Å². The van der Waals surface area contributed by atoms with Gasteiger partial charge in [-0.3, -0.25) is 0 Å². The zero-order valence-corrected chi connectivity index (χ0v) is 12.9. The summed E-state index contributed by atoms with van der Waals surface area (Å²) in [6, 6.07) is 0. The van der Waals surface area contributed by atoms with E-state index >= 15 is 0 Å². The van der Waals surface area contributed by atoms with Crippen LogP contribution in [0.2, 0.25) is 0 Å². The van der Waals surface area contributed by atoms with Gasteiger partial charge in [-0.15, -0.1) is 0 Å². The van der Waals surface area contributed by atoms with Crippen LogP contribution in [-0.2, 0) is 10.0 Å². The van der Waals surface area contributed by atoms with Crippen molar-refractivity contribution in [3.05, 3.63) is 17.1 Å². The van der Waals surface area contributed by atoms with Crippen LogP contribution in [0.3, 0.4) is 0 Å². The second-order valence-electron chi connectivity index (χ2n) is 4.04. The van der Waals surface area contributed by atoms with E-state index in [0.29, 0.717) is 12.3 Å². The number of carboxylic acid groups (broad SMARTS) is 1. The first-order valence-electron chi connectivity index (χ1n) is 5.52. The Kier molecular flexibility index (Phi) is 5.05. The molecule has 0 radical (unpaired) electrons. The van der Waals surface area contributed by atoms with E-state index in [1.54, 1.807) is 0 Å². The second kappa shape index (κ2) is 5.98. The van der Waals surface area contributed by atoms with Crippen LogP contribution in [0, 0.1) is 13.8 Å². The van der Waals surface area contributed by atoms with Gasteiger partial charge in [-0.25, -0.2) is 13.2 Å². The molecule has 0 saturated carbocycles. The van der Waals surface area contributed by atoms with Crippen molar-refractivity contribution in [2.24, 2.45) is 0 Å². The molecule has 0 amide bonds. The fourth-order valence-corrected chi connectivity index (χ4v) is 3.83. The Balaban J connectivity index is 3.33. The van der Waals surface area contributed by atoms with Gasteiger partial charge in [0.15, 0.2) is 0 Å². The SMILES string of the molecule is CSCCN(C)S(=O)(=O)c1c(C)oc(C)c1C(=O)O. The first-order valence-corrected chi connectivity index (χ1v) is 8.35. The molecule has 0 fully saturated rings. The molecule has 0 spiro atoms. The van der Waals surface area contributed by atoms with Crippen molar-refractivity contribution in [2.45, 2.75) is 18.7 Å². The number of furan rings is 1. The smallest absolute Gasteiger partial charge is 0.340 e. The highest BCUT2D eigenvalue weighted by Gasteiger charge is 2.33. The molecule has 8 heteroatoms. The van der Waals surface area contributed by atoms with Gasteiger partial charge in [0, 0.05) is 19.3 Å². The van der Waals surface area contributed by atoms with Crippen LogP contribution >= 0.6 is 11.8 Å². The number of thioether (sulfide) groups is 1. The zero-order chi connectivity index (χ0) is 14.8.